The van der Waals surface area contributed by atoms with Gasteiger partial charge in [-0.2, -0.15) is 0 Å². The average Bonchev–Trinajstić information content (AvgIpc) is 4.36. The maximum Gasteiger partial charge on any atom is 0.0726 e. The lowest BCUT2D eigenvalue weighted by atomic mass is 9.70. The molecule has 76 heavy (non-hydrogen) atoms. The van der Waals surface area contributed by atoms with Gasteiger partial charge in [0.15, 0.2) is 0 Å². The Bertz CT molecular complexity index is 4520. The van der Waals surface area contributed by atoms with Crippen molar-refractivity contribution in [2.45, 2.75) is 5.41 Å². The molecule has 0 saturated carbocycles. The van der Waals surface area contributed by atoms with Crippen LogP contribution in [-0.4, -0.2) is 9.13 Å². The van der Waals surface area contributed by atoms with Crippen molar-refractivity contribution in [3.63, 3.8) is 0 Å². The number of fused-ring (bicyclic) bond motifs is 16. The molecule has 3 nitrogen and oxygen atoms in total. The monoisotopic (exact) mass is 965 g/mol. The Balaban J connectivity index is 0.949. The number of para-hydroxylation sites is 6. The van der Waals surface area contributed by atoms with Gasteiger partial charge in [-0.05, 0) is 146 Å². The maximum absolute atomic E-state index is 2.50. The minimum absolute atomic E-state index is 0.483. The second-order valence-corrected chi connectivity index (χ2v) is 20.4. The summed E-state index contributed by atoms with van der Waals surface area (Å²) >= 11 is 0. The lowest BCUT2D eigenvalue weighted by molar-refractivity contribution is 0.793. The molecule has 1 spiro atoms. The molecule has 0 aliphatic heterocycles. The van der Waals surface area contributed by atoms with Gasteiger partial charge in [0, 0.05) is 55.5 Å². The molecule has 16 rings (SSSR count). The third-order valence-electron chi connectivity index (χ3n) is 16.5. The van der Waals surface area contributed by atoms with Crippen LogP contribution in [0.15, 0.2) is 285 Å². The number of nitrogens with zero attached hydrogens (tertiary/aromatic N) is 3. The molecule has 0 fully saturated rings. The third kappa shape index (κ3) is 6.05. The van der Waals surface area contributed by atoms with Crippen molar-refractivity contribution in [1.82, 2.24) is 9.13 Å². The molecule has 0 N–H and O–H groups in total. The predicted molar refractivity (Wildman–Crippen MR) is 317 cm³/mol. The summed E-state index contributed by atoms with van der Waals surface area (Å²) in [5.74, 6) is 0. The van der Waals surface area contributed by atoms with Crippen LogP contribution >= 0.6 is 0 Å². The van der Waals surface area contributed by atoms with Crippen molar-refractivity contribution < 1.29 is 0 Å². The van der Waals surface area contributed by atoms with Gasteiger partial charge >= 0.3 is 0 Å². The SMILES string of the molecule is c1ccc(N(c2cc(-c3ccc(-n4c5ccccc5c5ccccc54)cc3)cc(-c3cccc4c5ccccc5n(-c5ccccc5)c34)c2)c2ccc3c(c2)C2(c4ccccc4-c4ccccc42)c2ccccc2-3)cc1. The number of rotatable bonds is 7. The van der Waals surface area contributed by atoms with E-state index in [1.54, 1.807) is 0 Å². The molecular formula is C73H47N3. The quantitative estimate of drug-likeness (QED) is 0.155. The van der Waals surface area contributed by atoms with E-state index in [0.29, 0.717) is 0 Å². The minimum Gasteiger partial charge on any atom is -0.310 e. The highest BCUT2D eigenvalue weighted by atomic mass is 15.1. The molecule has 0 saturated heterocycles. The van der Waals surface area contributed by atoms with Crippen molar-refractivity contribution in [2.24, 2.45) is 0 Å². The first-order valence-electron chi connectivity index (χ1n) is 26.3. The fourth-order valence-corrected chi connectivity index (χ4v) is 13.4. The highest BCUT2D eigenvalue weighted by Gasteiger charge is 2.51. The zero-order valence-corrected chi connectivity index (χ0v) is 41.5. The molecule has 2 aliphatic carbocycles. The van der Waals surface area contributed by atoms with Crippen molar-refractivity contribution in [3.05, 3.63) is 307 Å². The molecule has 2 aliphatic rings. The Labute approximate surface area is 441 Å². The molecule has 0 unspecified atom stereocenters. The minimum atomic E-state index is -0.483. The van der Waals surface area contributed by atoms with Crippen LogP contribution in [-0.2, 0) is 5.41 Å². The molecule has 3 heteroatoms. The van der Waals surface area contributed by atoms with E-state index in [0.717, 1.165) is 50.7 Å². The van der Waals surface area contributed by atoms with E-state index in [4.69, 9.17) is 0 Å². The predicted octanol–water partition coefficient (Wildman–Crippen LogP) is 19.0. The van der Waals surface area contributed by atoms with E-state index < -0.39 is 5.41 Å². The van der Waals surface area contributed by atoms with Crippen LogP contribution in [0.2, 0.25) is 0 Å². The highest BCUT2D eigenvalue weighted by molar-refractivity contribution is 6.14. The zero-order valence-electron chi connectivity index (χ0n) is 41.5. The molecule has 0 atom stereocenters. The fourth-order valence-electron chi connectivity index (χ4n) is 13.4. The van der Waals surface area contributed by atoms with Gasteiger partial charge in [-0.15, -0.1) is 0 Å². The molecule has 354 valence electrons. The summed E-state index contributed by atoms with van der Waals surface area (Å²) < 4.78 is 4.85. The number of aromatic nitrogens is 2. The van der Waals surface area contributed by atoms with Gasteiger partial charge in [-0.25, -0.2) is 0 Å². The Morgan fingerprint density at radius 2 is 0.711 bits per heavy atom. The van der Waals surface area contributed by atoms with Crippen LogP contribution in [0.4, 0.5) is 17.1 Å². The van der Waals surface area contributed by atoms with Gasteiger partial charge in [-0.3, -0.25) is 0 Å². The number of benzene rings is 12. The Morgan fingerprint density at radius 1 is 0.250 bits per heavy atom. The van der Waals surface area contributed by atoms with Crippen molar-refractivity contribution in [2.75, 3.05) is 4.90 Å². The molecule has 0 bridgehead atoms. The summed E-state index contributed by atoms with van der Waals surface area (Å²) in [5, 5.41) is 4.96. The topological polar surface area (TPSA) is 13.1 Å². The second kappa shape index (κ2) is 16.5. The summed E-state index contributed by atoms with van der Waals surface area (Å²) in [6.07, 6.45) is 0. The first-order valence-corrected chi connectivity index (χ1v) is 26.3. The number of anilines is 3. The van der Waals surface area contributed by atoms with Crippen molar-refractivity contribution in [1.29, 1.82) is 0 Å². The van der Waals surface area contributed by atoms with Crippen LogP contribution in [0.25, 0.3) is 99.5 Å². The van der Waals surface area contributed by atoms with Crippen molar-refractivity contribution >= 4 is 60.7 Å². The maximum atomic E-state index is 2.50. The largest absolute Gasteiger partial charge is 0.310 e. The lowest BCUT2D eigenvalue weighted by Gasteiger charge is -2.32. The van der Waals surface area contributed by atoms with E-state index >= 15 is 0 Å². The smallest absolute Gasteiger partial charge is 0.0726 e. The first-order chi connectivity index (χ1) is 37.7. The Morgan fingerprint density at radius 3 is 1.33 bits per heavy atom. The van der Waals surface area contributed by atoms with Gasteiger partial charge in [0.2, 0.25) is 0 Å². The average molecular weight is 966 g/mol. The van der Waals surface area contributed by atoms with Gasteiger partial charge in [0.25, 0.3) is 0 Å². The molecule has 0 amide bonds. The standard InChI is InChI=1S/C73H47N3/c1-3-20-51(21-4-1)74(54-42-43-60-59-26-9-15-34-67(59)73(68(60)47-54)65-32-13-7-24-57(65)58-25-8-14-33-66(58)73)55-45-49(48-38-40-53(41-39-48)75-69-35-16-10-27-61(69)62-28-11-17-36-70(62)75)44-50(46-55)56-30-19-31-64-63-29-12-18-37-71(63)76(72(56)64)52-22-5-2-6-23-52/h1-47H. The summed E-state index contributed by atoms with van der Waals surface area (Å²) in [7, 11) is 0. The molecule has 12 aromatic carbocycles. The first kappa shape index (κ1) is 42.5. The van der Waals surface area contributed by atoms with Gasteiger partial charge in [-0.1, -0.05) is 200 Å². The molecule has 2 aromatic heterocycles. The Hall–Kier alpha value is -9.96. The van der Waals surface area contributed by atoms with E-state index in [9.17, 15) is 0 Å². The summed E-state index contributed by atoms with van der Waals surface area (Å²) in [4.78, 5) is 2.48. The molecule has 2 heterocycles. The Kier molecular flexibility index (Phi) is 9.25. The van der Waals surface area contributed by atoms with Crippen LogP contribution in [0.3, 0.4) is 0 Å². The van der Waals surface area contributed by atoms with E-state index in [-0.39, 0.29) is 0 Å². The molecule has 14 aromatic rings. The molecule has 0 radical (unpaired) electrons. The van der Waals surface area contributed by atoms with Crippen LogP contribution < -0.4 is 4.90 Å². The third-order valence-corrected chi connectivity index (χ3v) is 16.5. The lowest BCUT2D eigenvalue weighted by Crippen LogP contribution is -2.26. The summed E-state index contributed by atoms with van der Waals surface area (Å²) in [6, 6.07) is 106. The fraction of sp³-hybridized carbons (Fsp3) is 0.0137. The van der Waals surface area contributed by atoms with E-state index in [1.165, 1.54) is 88.1 Å². The van der Waals surface area contributed by atoms with Gasteiger partial charge in [0.05, 0.1) is 27.5 Å². The van der Waals surface area contributed by atoms with Gasteiger partial charge < -0.3 is 14.0 Å². The number of hydrogen-bond donors (Lipinski definition) is 0. The summed E-state index contributed by atoms with van der Waals surface area (Å²) in [5.41, 5.74) is 24.8. The van der Waals surface area contributed by atoms with Crippen LogP contribution in [0.1, 0.15) is 22.3 Å². The molecular weight excluding hydrogens is 919 g/mol. The van der Waals surface area contributed by atoms with Crippen molar-refractivity contribution in [3.8, 4) is 55.9 Å². The van der Waals surface area contributed by atoms with E-state index in [1.807, 2.05) is 0 Å². The second-order valence-electron chi connectivity index (χ2n) is 20.4. The van der Waals surface area contributed by atoms with E-state index in [2.05, 4.69) is 299 Å². The number of hydrogen-bond acceptors (Lipinski definition) is 1. The normalized spacial score (nSPS) is 12.8. The zero-order chi connectivity index (χ0) is 49.9. The highest BCUT2D eigenvalue weighted by Crippen LogP contribution is 2.63. The van der Waals surface area contributed by atoms with Crippen LogP contribution in [0.5, 0.6) is 0 Å². The van der Waals surface area contributed by atoms with Crippen LogP contribution in [0, 0.1) is 0 Å². The summed E-state index contributed by atoms with van der Waals surface area (Å²) in [6.45, 7) is 0. The van der Waals surface area contributed by atoms with Gasteiger partial charge in [0.1, 0.15) is 0 Å².